The van der Waals surface area contributed by atoms with E-state index in [-0.39, 0.29) is 0 Å². The first-order valence-electron chi connectivity index (χ1n) is 4.49. The second kappa shape index (κ2) is 5.07. The number of halogens is 1. The lowest BCUT2D eigenvalue weighted by Gasteiger charge is -2.12. The summed E-state index contributed by atoms with van der Waals surface area (Å²) in [6, 6.07) is 8.08. The molecule has 0 bridgehead atoms. The lowest BCUT2D eigenvalue weighted by atomic mass is 10.0. The molecule has 0 saturated heterocycles. The predicted molar refractivity (Wildman–Crippen MR) is 56.1 cm³/mol. The van der Waals surface area contributed by atoms with Gasteiger partial charge in [-0.15, -0.1) is 3.89 Å². The van der Waals surface area contributed by atoms with Crippen molar-refractivity contribution in [2.24, 2.45) is 0 Å². The molecule has 1 aromatic carbocycles. The van der Waals surface area contributed by atoms with Gasteiger partial charge in [0.2, 0.25) is 0 Å². The fourth-order valence-electron chi connectivity index (χ4n) is 1.33. The van der Waals surface area contributed by atoms with Crippen molar-refractivity contribution in [2.75, 3.05) is 12.9 Å². The van der Waals surface area contributed by atoms with Crippen LogP contribution in [0.15, 0.2) is 30.3 Å². The molecule has 4 nitrogen and oxygen atoms in total. The molecule has 1 unspecified atom stereocenters. The van der Waals surface area contributed by atoms with Crippen LogP contribution in [0.4, 0.5) is 3.89 Å². The molecule has 1 rings (SSSR count). The first-order valence-corrected chi connectivity index (χ1v) is 6.04. The maximum atomic E-state index is 12.6. The van der Waals surface area contributed by atoms with E-state index >= 15 is 0 Å². The summed E-state index contributed by atoms with van der Waals surface area (Å²) >= 11 is 0. The lowest BCUT2D eigenvalue weighted by Crippen LogP contribution is -2.21. The highest BCUT2D eigenvalue weighted by Crippen LogP contribution is 2.19. The fraction of sp³-hybridized carbons (Fsp3) is 0.300. The van der Waals surface area contributed by atoms with E-state index in [1.165, 1.54) is 0 Å². The molecular weight excluding hydrogens is 235 g/mol. The number of carbonyl (C=O) groups is 1. The summed E-state index contributed by atoms with van der Waals surface area (Å²) in [5.74, 6) is -2.79. The van der Waals surface area contributed by atoms with Gasteiger partial charge in [0.1, 0.15) is 0 Å². The molecule has 0 N–H and O–H groups in total. The van der Waals surface area contributed by atoms with Crippen LogP contribution in [0.2, 0.25) is 0 Å². The summed E-state index contributed by atoms with van der Waals surface area (Å²) in [6.07, 6.45) is 0. The monoisotopic (exact) mass is 246 g/mol. The average molecular weight is 246 g/mol. The maximum absolute atomic E-state index is 12.6. The molecule has 0 amide bonds. The molecule has 1 atom stereocenters. The van der Waals surface area contributed by atoms with Crippen molar-refractivity contribution in [3.05, 3.63) is 35.9 Å². The van der Waals surface area contributed by atoms with E-state index in [9.17, 15) is 17.1 Å². The SMILES string of the molecule is COC(=O)C(CS(=O)(=O)F)c1ccccc1. The molecular formula is C10H11FO4S. The zero-order valence-corrected chi connectivity index (χ0v) is 9.41. The standard InChI is InChI=1S/C10H11FO4S/c1-15-10(12)9(7-16(11,13)14)8-5-3-2-4-6-8/h2-6,9H,7H2,1H3. The second-order valence-electron chi connectivity index (χ2n) is 3.19. The Morgan fingerprint density at radius 3 is 2.38 bits per heavy atom. The maximum Gasteiger partial charge on any atom is 0.314 e. The number of benzene rings is 1. The first kappa shape index (κ1) is 12.6. The summed E-state index contributed by atoms with van der Waals surface area (Å²) in [6.45, 7) is 0. The minimum absolute atomic E-state index is 0.413. The normalized spacial score (nSPS) is 13.1. The third-order valence-corrected chi connectivity index (χ3v) is 2.78. The molecule has 0 aromatic heterocycles. The fourth-order valence-corrected chi connectivity index (χ4v) is 2.05. The van der Waals surface area contributed by atoms with Crippen molar-refractivity contribution in [1.29, 1.82) is 0 Å². The van der Waals surface area contributed by atoms with Gasteiger partial charge in [0.25, 0.3) is 0 Å². The lowest BCUT2D eigenvalue weighted by molar-refractivity contribution is -0.141. The van der Waals surface area contributed by atoms with Crippen LogP contribution < -0.4 is 0 Å². The smallest absolute Gasteiger partial charge is 0.314 e. The van der Waals surface area contributed by atoms with Crippen LogP contribution in [0.5, 0.6) is 0 Å². The van der Waals surface area contributed by atoms with Gasteiger partial charge in [-0.3, -0.25) is 4.79 Å². The molecule has 1 aromatic rings. The van der Waals surface area contributed by atoms with Crippen LogP contribution in [0.3, 0.4) is 0 Å². The van der Waals surface area contributed by atoms with Gasteiger partial charge in [0.15, 0.2) is 0 Å². The Morgan fingerprint density at radius 2 is 1.94 bits per heavy atom. The van der Waals surface area contributed by atoms with Crippen LogP contribution in [-0.2, 0) is 19.8 Å². The summed E-state index contributed by atoms with van der Waals surface area (Å²) < 4.78 is 38.2. The van der Waals surface area contributed by atoms with Crippen molar-refractivity contribution in [1.82, 2.24) is 0 Å². The van der Waals surface area contributed by atoms with E-state index in [1.54, 1.807) is 30.3 Å². The van der Waals surface area contributed by atoms with Crippen molar-refractivity contribution in [3.63, 3.8) is 0 Å². The van der Waals surface area contributed by atoms with Crippen LogP contribution in [0.1, 0.15) is 11.5 Å². The highest BCUT2D eigenvalue weighted by atomic mass is 32.3. The van der Waals surface area contributed by atoms with E-state index < -0.39 is 27.9 Å². The summed E-state index contributed by atoms with van der Waals surface area (Å²) in [4.78, 5) is 11.3. The molecule has 0 heterocycles. The Hall–Kier alpha value is -1.43. The third kappa shape index (κ3) is 3.62. The van der Waals surface area contributed by atoms with Crippen molar-refractivity contribution >= 4 is 16.2 Å². The Kier molecular flexibility index (Phi) is 4.00. The van der Waals surface area contributed by atoms with Gasteiger partial charge < -0.3 is 4.74 Å². The highest BCUT2D eigenvalue weighted by Gasteiger charge is 2.27. The molecule has 88 valence electrons. The number of ether oxygens (including phenoxy) is 1. The van der Waals surface area contributed by atoms with Crippen molar-refractivity contribution in [3.8, 4) is 0 Å². The number of hydrogen-bond acceptors (Lipinski definition) is 4. The first-order chi connectivity index (χ1) is 7.44. The van der Waals surface area contributed by atoms with Crippen LogP contribution in [0.25, 0.3) is 0 Å². The number of hydrogen-bond donors (Lipinski definition) is 0. The van der Waals surface area contributed by atoms with Crippen molar-refractivity contribution in [2.45, 2.75) is 5.92 Å². The van der Waals surface area contributed by atoms with Gasteiger partial charge in [-0.05, 0) is 5.56 Å². The quantitative estimate of drug-likeness (QED) is 0.592. The van der Waals surface area contributed by atoms with E-state index in [4.69, 9.17) is 0 Å². The Labute approximate surface area is 93.3 Å². The van der Waals surface area contributed by atoms with Crippen LogP contribution in [0, 0.1) is 0 Å². The van der Waals surface area contributed by atoms with Crippen molar-refractivity contribution < 1.29 is 21.8 Å². The van der Waals surface area contributed by atoms with E-state index in [0.29, 0.717) is 5.56 Å². The minimum atomic E-state index is -4.73. The van der Waals surface area contributed by atoms with E-state index in [0.717, 1.165) is 7.11 Å². The van der Waals surface area contributed by atoms with Gasteiger partial charge in [0.05, 0.1) is 18.8 Å². The Morgan fingerprint density at radius 1 is 1.38 bits per heavy atom. The van der Waals surface area contributed by atoms with Gasteiger partial charge in [-0.25, -0.2) is 0 Å². The number of rotatable bonds is 4. The summed E-state index contributed by atoms with van der Waals surface area (Å²) in [5, 5.41) is 0. The van der Waals surface area contributed by atoms with Gasteiger partial charge in [0, 0.05) is 0 Å². The molecule has 16 heavy (non-hydrogen) atoms. The zero-order chi connectivity index (χ0) is 12.2. The van der Waals surface area contributed by atoms with E-state index in [2.05, 4.69) is 4.74 Å². The zero-order valence-electron chi connectivity index (χ0n) is 8.59. The topological polar surface area (TPSA) is 60.4 Å². The largest absolute Gasteiger partial charge is 0.469 e. The van der Waals surface area contributed by atoms with Gasteiger partial charge in [-0.1, -0.05) is 30.3 Å². The van der Waals surface area contributed by atoms with Crippen LogP contribution >= 0.6 is 0 Å². The third-order valence-electron chi connectivity index (χ3n) is 2.05. The number of carbonyl (C=O) groups excluding carboxylic acids is 1. The predicted octanol–water partition coefficient (Wildman–Crippen LogP) is 1.24. The molecule has 0 saturated carbocycles. The minimum Gasteiger partial charge on any atom is -0.469 e. The Bertz CT molecular complexity index is 455. The average Bonchev–Trinajstić information content (AvgIpc) is 2.25. The van der Waals surface area contributed by atoms with Crippen LogP contribution in [-0.4, -0.2) is 27.2 Å². The molecule has 6 heteroatoms. The molecule has 0 fully saturated rings. The highest BCUT2D eigenvalue weighted by molar-refractivity contribution is 7.86. The van der Waals surface area contributed by atoms with Gasteiger partial charge in [-0.2, -0.15) is 8.42 Å². The summed E-state index contributed by atoms with van der Waals surface area (Å²) in [5.41, 5.74) is 0.413. The number of esters is 1. The van der Waals surface area contributed by atoms with E-state index in [1.807, 2.05) is 0 Å². The summed E-state index contributed by atoms with van der Waals surface area (Å²) in [7, 11) is -3.60. The number of methoxy groups -OCH3 is 1. The molecule has 0 aliphatic rings. The Balaban J connectivity index is 3.02. The van der Waals surface area contributed by atoms with Gasteiger partial charge >= 0.3 is 16.2 Å². The molecule has 0 radical (unpaired) electrons. The molecule has 0 aliphatic carbocycles. The second-order valence-corrected chi connectivity index (χ2v) is 4.60. The molecule has 0 spiro atoms. The molecule has 0 aliphatic heterocycles.